The molecule has 0 fully saturated rings. The Kier molecular flexibility index (Phi) is 8.09. The van der Waals surface area contributed by atoms with E-state index in [-0.39, 0.29) is 6.42 Å². The molecule has 0 spiro atoms. The summed E-state index contributed by atoms with van der Waals surface area (Å²) in [5.74, 6) is -1.03. The second-order valence-corrected chi connectivity index (χ2v) is 3.59. The highest BCUT2D eigenvalue weighted by Gasteiger charge is 2.21. The van der Waals surface area contributed by atoms with Crippen LogP contribution in [0.3, 0.4) is 0 Å². The van der Waals surface area contributed by atoms with Gasteiger partial charge in [0.2, 0.25) is 0 Å². The van der Waals surface area contributed by atoms with Crippen molar-refractivity contribution in [3.05, 3.63) is 0 Å². The van der Waals surface area contributed by atoms with Gasteiger partial charge in [-0.1, -0.05) is 13.8 Å². The zero-order chi connectivity index (χ0) is 11.7. The average Bonchev–Trinajstić information content (AvgIpc) is 2.22. The first-order valence-corrected chi connectivity index (χ1v) is 5.51. The number of rotatable bonds is 7. The third-order valence-corrected chi connectivity index (χ3v) is 1.85. The molecule has 0 rings (SSSR count). The highest BCUT2D eigenvalue weighted by atomic mass is 35.5. The number of ether oxygens (including phenoxy) is 2. The molecule has 0 saturated carbocycles. The number of alkyl halides is 1. The highest BCUT2D eigenvalue weighted by Crippen LogP contribution is 2.06. The Labute approximate surface area is 94.9 Å². The monoisotopic (exact) mass is 236 g/mol. The second-order valence-electron chi connectivity index (χ2n) is 3.06. The predicted octanol–water partition coefficient (Wildman–Crippen LogP) is 1.89. The summed E-state index contributed by atoms with van der Waals surface area (Å²) >= 11 is 5.67. The Morgan fingerprint density at radius 2 is 1.67 bits per heavy atom. The van der Waals surface area contributed by atoms with Crippen LogP contribution in [0, 0.1) is 0 Å². The van der Waals surface area contributed by atoms with Crippen LogP contribution in [0.4, 0.5) is 0 Å². The fourth-order valence-corrected chi connectivity index (χ4v) is 0.987. The molecular weight excluding hydrogens is 220 g/mol. The van der Waals surface area contributed by atoms with Gasteiger partial charge in [0.05, 0.1) is 19.6 Å². The zero-order valence-corrected chi connectivity index (χ0v) is 9.88. The van der Waals surface area contributed by atoms with Gasteiger partial charge in [0.1, 0.15) is 5.38 Å². The molecule has 0 bridgehead atoms. The van der Waals surface area contributed by atoms with E-state index < -0.39 is 17.3 Å². The van der Waals surface area contributed by atoms with Crippen LogP contribution in [0.2, 0.25) is 0 Å². The molecule has 0 aliphatic heterocycles. The highest BCUT2D eigenvalue weighted by molar-refractivity contribution is 6.30. The SMILES string of the molecule is CCCOC(=O)C[C@H](Cl)C(=O)OCCC. The molecule has 0 aromatic heterocycles. The molecular formula is C10H17ClO4. The molecule has 0 N–H and O–H groups in total. The molecule has 1 atom stereocenters. The molecule has 0 unspecified atom stereocenters. The normalized spacial score (nSPS) is 11.9. The van der Waals surface area contributed by atoms with Crippen molar-refractivity contribution in [1.82, 2.24) is 0 Å². The maximum Gasteiger partial charge on any atom is 0.324 e. The molecule has 0 aliphatic carbocycles. The van der Waals surface area contributed by atoms with Gasteiger partial charge in [0.15, 0.2) is 0 Å². The molecule has 88 valence electrons. The number of hydrogen-bond acceptors (Lipinski definition) is 4. The number of carbonyl (C=O) groups is 2. The van der Waals surface area contributed by atoms with Gasteiger partial charge < -0.3 is 9.47 Å². The van der Waals surface area contributed by atoms with Crippen LogP contribution in [-0.2, 0) is 19.1 Å². The lowest BCUT2D eigenvalue weighted by atomic mass is 10.3. The third-order valence-electron chi connectivity index (χ3n) is 1.52. The van der Waals surface area contributed by atoms with E-state index in [1.807, 2.05) is 13.8 Å². The summed E-state index contributed by atoms with van der Waals surface area (Å²) in [6, 6.07) is 0. The molecule has 0 aliphatic rings. The Bertz CT molecular complexity index is 206. The summed E-state index contributed by atoms with van der Waals surface area (Å²) in [6.45, 7) is 4.45. The van der Waals surface area contributed by atoms with Crippen molar-refractivity contribution >= 4 is 23.5 Å². The Balaban J connectivity index is 3.75. The molecule has 0 aromatic carbocycles. The standard InChI is InChI=1S/C10H17ClO4/c1-3-5-14-9(12)7-8(11)10(13)15-6-4-2/h8H,3-7H2,1-2H3/t8-/m0/s1. The molecule has 0 heterocycles. The van der Waals surface area contributed by atoms with Crippen molar-refractivity contribution < 1.29 is 19.1 Å². The first kappa shape index (κ1) is 14.2. The van der Waals surface area contributed by atoms with E-state index >= 15 is 0 Å². The van der Waals surface area contributed by atoms with Crippen molar-refractivity contribution in [2.75, 3.05) is 13.2 Å². The fourth-order valence-electron chi connectivity index (χ4n) is 0.798. The zero-order valence-electron chi connectivity index (χ0n) is 9.12. The minimum absolute atomic E-state index is 0.135. The quantitative estimate of drug-likeness (QED) is 0.500. The number of carbonyl (C=O) groups excluding carboxylic acids is 2. The first-order valence-electron chi connectivity index (χ1n) is 5.08. The molecule has 0 aromatic rings. The van der Waals surface area contributed by atoms with Gasteiger partial charge in [-0.2, -0.15) is 0 Å². The molecule has 0 saturated heterocycles. The lowest BCUT2D eigenvalue weighted by Gasteiger charge is -2.08. The molecule has 15 heavy (non-hydrogen) atoms. The van der Waals surface area contributed by atoms with Crippen LogP contribution in [0.5, 0.6) is 0 Å². The van der Waals surface area contributed by atoms with Gasteiger partial charge in [0.25, 0.3) is 0 Å². The molecule has 0 amide bonds. The summed E-state index contributed by atoms with van der Waals surface area (Å²) in [4.78, 5) is 22.2. The van der Waals surface area contributed by atoms with Crippen LogP contribution in [0.25, 0.3) is 0 Å². The van der Waals surface area contributed by atoms with Gasteiger partial charge in [-0.25, -0.2) is 0 Å². The Hall–Kier alpha value is -0.770. The minimum Gasteiger partial charge on any atom is -0.466 e. The topological polar surface area (TPSA) is 52.6 Å². The van der Waals surface area contributed by atoms with Gasteiger partial charge >= 0.3 is 11.9 Å². The Morgan fingerprint density at radius 3 is 2.20 bits per heavy atom. The van der Waals surface area contributed by atoms with Crippen molar-refractivity contribution in [1.29, 1.82) is 0 Å². The third kappa shape index (κ3) is 7.19. The lowest BCUT2D eigenvalue weighted by molar-refractivity contribution is -0.149. The van der Waals surface area contributed by atoms with Crippen molar-refractivity contribution in [3.63, 3.8) is 0 Å². The maximum atomic E-state index is 11.1. The maximum absolute atomic E-state index is 11.1. The summed E-state index contributed by atoms with van der Waals surface area (Å²) in [7, 11) is 0. The van der Waals surface area contributed by atoms with E-state index in [2.05, 4.69) is 0 Å². The van der Waals surface area contributed by atoms with Crippen LogP contribution in [-0.4, -0.2) is 30.5 Å². The average molecular weight is 237 g/mol. The van der Waals surface area contributed by atoms with Crippen LogP contribution in [0.1, 0.15) is 33.1 Å². The van der Waals surface area contributed by atoms with E-state index in [9.17, 15) is 9.59 Å². The predicted molar refractivity (Wildman–Crippen MR) is 56.8 cm³/mol. The van der Waals surface area contributed by atoms with Crippen molar-refractivity contribution in [2.45, 2.75) is 38.5 Å². The van der Waals surface area contributed by atoms with E-state index in [0.717, 1.165) is 12.8 Å². The number of esters is 2. The summed E-state index contributed by atoms with van der Waals surface area (Å²) < 4.78 is 9.56. The van der Waals surface area contributed by atoms with Crippen molar-refractivity contribution in [2.24, 2.45) is 0 Å². The fraction of sp³-hybridized carbons (Fsp3) is 0.800. The van der Waals surface area contributed by atoms with Gasteiger partial charge in [-0.3, -0.25) is 9.59 Å². The van der Waals surface area contributed by atoms with Gasteiger partial charge in [0, 0.05) is 0 Å². The first-order chi connectivity index (χ1) is 7.11. The molecule has 4 nitrogen and oxygen atoms in total. The summed E-state index contributed by atoms with van der Waals surface area (Å²) in [5.41, 5.74) is 0. The van der Waals surface area contributed by atoms with Gasteiger partial charge in [-0.05, 0) is 12.8 Å². The number of halogens is 1. The van der Waals surface area contributed by atoms with E-state index in [4.69, 9.17) is 21.1 Å². The smallest absolute Gasteiger partial charge is 0.324 e. The Morgan fingerprint density at radius 1 is 1.13 bits per heavy atom. The minimum atomic E-state index is -0.944. The van der Waals surface area contributed by atoms with E-state index in [0.29, 0.717) is 13.2 Å². The van der Waals surface area contributed by atoms with E-state index in [1.165, 1.54) is 0 Å². The van der Waals surface area contributed by atoms with Crippen LogP contribution >= 0.6 is 11.6 Å². The largest absolute Gasteiger partial charge is 0.466 e. The molecule has 5 heteroatoms. The van der Waals surface area contributed by atoms with Crippen LogP contribution < -0.4 is 0 Å². The summed E-state index contributed by atoms with van der Waals surface area (Å²) in [5, 5.41) is -0.944. The van der Waals surface area contributed by atoms with Crippen molar-refractivity contribution in [3.8, 4) is 0 Å². The number of hydrogen-bond donors (Lipinski definition) is 0. The molecule has 0 radical (unpaired) electrons. The second kappa shape index (κ2) is 8.53. The van der Waals surface area contributed by atoms with Crippen LogP contribution in [0.15, 0.2) is 0 Å². The summed E-state index contributed by atoms with van der Waals surface area (Å²) in [6.07, 6.45) is 1.35. The lowest BCUT2D eigenvalue weighted by Crippen LogP contribution is -2.22. The van der Waals surface area contributed by atoms with E-state index in [1.54, 1.807) is 0 Å². The van der Waals surface area contributed by atoms with Gasteiger partial charge in [-0.15, -0.1) is 11.6 Å².